The number of nitrogens with zero attached hydrogens (tertiary/aromatic N) is 3. The second kappa shape index (κ2) is 5.15. The van der Waals surface area contributed by atoms with Crippen molar-refractivity contribution in [2.45, 2.75) is 40.2 Å². The molecule has 0 spiro atoms. The van der Waals surface area contributed by atoms with Gasteiger partial charge in [0, 0.05) is 17.5 Å². The van der Waals surface area contributed by atoms with Crippen LogP contribution in [0.4, 0.5) is 5.82 Å². The summed E-state index contributed by atoms with van der Waals surface area (Å²) in [4.78, 5) is 13.6. The summed E-state index contributed by atoms with van der Waals surface area (Å²) in [6, 6.07) is 2.67. The molecule has 2 aromatic rings. The molecule has 0 bridgehead atoms. The van der Waals surface area contributed by atoms with E-state index in [0.717, 1.165) is 22.6 Å². The van der Waals surface area contributed by atoms with Crippen LogP contribution in [0.15, 0.2) is 6.07 Å². The van der Waals surface area contributed by atoms with E-state index >= 15 is 0 Å². The van der Waals surface area contributed by atoms with Crippen LogP contribution in [0.3, 0.4) is 0 Å². The summed E-state index contributed by atoms with van der Waals surface area (Å²) in [5.41, 5.74) is 0. The van der Waals surface area contributed by atoms with Gasteiger partial charge >= 0.3 is 0 Å². The van der Waals surface area contributed by atoms with Crippen LogP contribution in [0, 0.1) is 18.8 Å². The number of piperidine rings is 1. The molecule has 108 valence electrons. The van der Waals surface area contributed by atoms with Gasteiger partial charge in [-0.15, -0.1) is 11.3 Å². The van der Waals surface area contributed by atoms with E-state index in [4.69, 9.17) is 11.6 Å². The van der Waals surface area contributed by atoms with Crippen molar-refractivity contribution in [3.8, 4) is 0 Å². The molecule has 1 aliphatic rings. The Hall–Kier alpha value is -0.870. The van der Waals surface area contributed by atoms with Crippen LogP contribution in [0.25, 0.3) is 10.2 Å². The summed E-state index contributed by atoms with van der Waals surface area (Å²) in [7, 11) is 0. The molecule has 0 radical (unpaired) electrons. The highest BCUT2D eigenvalue weighted by molar-refractivity contribution is 7.18. The highest BCUT2D eigenvalue weighted by atomic mass is 35.5. The van der Waals surface area contributed by atoms with E-state index in [-0.39, 0.29) is 0 Å². The third-order valence-corrected chi connectivity index (χ3v) is 5.45. The molecule has 0 aromatic carbocycles. The summed E-state index contributed by atoms with van der Waals surface area (Å²) < 4.78 is 0. The average Bonchev–Trinajstić information content (AvgIpc) is 2.73. The number of hydrogen-bond acceptors (Lipinski definition) is 4. The van der Waals surface area contributed by atoms with E-state index in [2.05, 4.69) is 48.6 Å². The lowest BCUT2D eigenvalue weighted by molar-refractivity contribution is 0.296. The normalized spacial score (nSPS) is 27.2. The van der Waals surface area contributed by atoms with Crippen LogP contribution < -0.4 is 4.90 Å². The Balaban J connectivity index is 2.12. The first kappa shape index (κ1) is 14.1. The van der Waals surface area contributed by atoms with Gasteiger partial charge in [-0.25, -0.2) is 4.98 Å². The molecule has 3 rings (SSSR count). The SMILES string of the molecule is Cc1cc2c(N3CC(C)CC(C)C3C)nc(Cl)nc2s1. The number of fused-ring (bicyclic) bond motifs is 1. The number of halogens is 1. The molecular formula is C15H20ClN3S. The maximum atomic E-state index is 6.13. The zero-order chi connectivity index (χ0) is 14.4. The molecule has 3 atom stereocenters. The molecule has 1 fully saturated rings. The quantitative estimate of drug-likeness (QED) is 0.725. The van der Waals surface area contributed by atoms with Crippen molar-refractivity contribution >= 4 is 39.0 Å². The summed E-state index contributed by atoms with van der Waals surface area (Å²) in [6.45, 7) is 10.1. The Bertz CT molecular complexity index is 639. The monoisotopic (exact) mass is 309 g/mol. The second-order valence-corrected chi connectivity index (χ2v) is 7.68. The molecular weight excluding hydrogens is 290 g/mol. The van der Waals surface area contributed by atoms with Crippen LogP contribution in [-0.2, 0) is 0 Å². The fraction of sp³-hybridized carbons (Fsp3) is 0.600. The number of aromatic nitrogens is 2. The van der Waals surface area contributed by atoms with Crippen molar-refractivity contribution in [2.24, 2.45) is 11.8 Å². The molecule has 0 saturated carbocycles. The van der Waals surface area contributed by atoms with Crippen LogP contribution in [0.2, 0.25) is 5.28 Å². The van der Waals surface area contributed by atoms with Gasteiger partial charge in [-0.2, -0.15) is 4.98 Å². The van der Waals surface area contributed by atoms with Crippen molar-refractivity contribution < 1.29 is 0 Å². The lowest BCUT2D eigenvalue weighted by atomic mass is 9.86. The summed E-state index contributed by atoms with van der Waals surface area (Å²) in [5, 5.41) is 1.50. The standard InChI is InChI=1S/C15H20ClN3S/c1-8-5-9(2)11(4)19(7-8)13-12-6-10(3)20-14(12)18-15(16)17-13/h6,8-9,11H,5,7H2,1-4H3. The van der Waals surface area contributed by atoms with Crippen LogP contribution in [0.5, 0.6) is 0 Å². The van der Waals surface area contributed by atoms with E-state index < -0.39 is 0 Å². The van der Waals surface area contributed by atoms with Crippen molar-refractivity contribution in [1.82, 2.24) is 9.97 Å². The highest BCUT2D eigenvalue weighted by Crippen LogP contribution is 2.36. The second-order valence-electron chi connectivity index (χ2n) is 6.10. The molecule has 5 heteroatoms. The molecule has 1 saturated heterocycles. The van der Waals surface area contributed by atoms with E-state index in [1.165, 1.54) is 11.3 Å². The smallest absolute Gasteiger partial charge is 0.225 e. The fourth-order valence-corrected chi connectivity index (χ4v) is 4.30. The average molecular weight is 310 g/mol. The summed E-state index contributed by atoms with van der Waals surface area (Å²) in [6.07, 6.45) is 1.28. The predicted molar refractivity (Wildman–Crippen MR) is 86.9 cm³/mol. The third-order valence-electron chi connectivity index (χ3n) is 4.34. The Morgan fingerprint density at radius 1 is 1.30 bits per heavy atom. The lowest BCUT2D eigenvalue weighted by Crippen LogP contribution is -2.46. The number of hydrogen-bond donors (Lipinski definition) is 0. The first-order chi connectivity index (χ1) is 9.45. The number of thiophene rings is 1. The zero-order valence-electron chi connectivity index (χ0n) is 12.4. The molecule has 3 nitrogen and oxygen atoms in total. The molecule has 3 heterocycles. The first-order valence-corrected chi connectivity index (χ1v) is 8.35. The zero-order valence-corrected chi connectivity index (χ0v) is 13.9. The van der Waals surface area contributed by atoms with Crippen LogP contribution in [0.1, 0.15) is 32.1 Å². The van der Waals surface area contributed by atoms with Crippen LogP contribution in [-0.4, -0.2) is 22.6 Å². The van der Waals surface area contributed by atoms with Gasteiger partial charge in [0.15, 0.2) is 0 Å². The maximum Gasteiger partial charge on any atom is 0.225 e. The number of anilines is 1. The molecule has 1 aliphatic heterocycles. The fourth-order valence-electron chi connectivity index (χ4n) is 3.22. The minimum absolute atomic E-state index is 0.354. The van der Waals surface area contributed by atoms with Crippen molar-refractivity contribution in [3.05, 3.63) is 16.2 Å². The third kappa shape index (κ3) is 2.40. The Labute approximate surface area is 129 Å². The Morgan fingerprint density at radius 2 is 2.05 bits per heavy atom. The van der Waals surface area contributed by atoms with E-state index in [0.29, 0.717) is 23.2 Å². The van der Waals surface area contributed by atoms with Gasteiger partial charge in [0.25, 0.3) is 0 Å². The highest BCUT2D eigenvalue weighted by Gasteiger charge is 2.31. The topological polar surface area (TPSA) is 29.0 Å². The van der Waals surface area contributed by atoms with Gasteiger partial charge < -0.3 is 4.90 Å². The predicted octanol–water partition coefficient (Wildman–Crippen LogP) is 4.52. The summed E-state index contributed by atoms with van der Waals surface area (Å²) in [5.74, 6) is 2.36. The molecule has 2 aromatic heterocycles. The molecule has 0 aliphatic carbocycles. The van der Waals surface area contributed by atoms with Crippen molar-refractivity contribution in [2.75, 3.05) is 11.4 Å². The van der Waals surface area contributed by atoms with Gasteiger partial charge in [-0.1, -0.05) is 13.8 Å². The first-order valence-electron chi connectivity index (χ1n) is 7.16. The van der Waals surface area contributed by atoms with Gasteiger partial charge in [0.1, 0.15) is 10.6 Å². The van der Waals surface area contributed by atoms with Gasteiger partial charge in [0.2, 0.25) is 5.28 Å². The van der Waals surface area contributed by atoms with Gasteiger partial charge in [-0.05, 0) is 49.8 Å². The van der Waals surface area contributed by atoms with Gasteiger partial charge in [-0.3, -0.25) is 0 Å². The Morgan fingerprint density at radius 3 is 2.80 bits per heavy atom. The van der Waals surface area contributed by atoms with E-state index in [1.807, 2.05) is 0 Å². The Kier molecular flexibility index (Phi) is 3.63. The maximum absolute atomic E-state index is 6.13. The van der Waals surface area contributed by atoms with Crippen LogP contribution >= 0.6 is 22.9 Å². The minimum atomic E-state index is 0.354. The molecule has 3 unspecified atom stereocenters. The number of rotatable bonds is 1. The lowest BCUT2D eigenvalue weighted by Gasteiger charge is -2.42. The minimum Gasteiger partial charge on any atom is -0.353 e. The van der Waals surface area contributed by atoms with E-state index in [1.54, 1.807) is 11.3 Å². The van der Waals surface area contributed by atoms with E-state index in [9.17, 15) is 0 Å². The molecule has 0 N–H and O–H groups in total. The largest absolute Gasteiger partial charge is 0.353 e. The number of aryl methyl sites for hydroxylation is 1. The summed E-state index contributed by atoms with van der Waals surface area (Å²) >= 11 is 7.82. The van der Waals surface area contributed by atoms with Gasteiger partial charge in [0.05, 0.1) is 5.39 Å². The van der Waals surface area contributed by atoms with Crippen molar-refractivity contribution in [1.29, 1.82) is 0 Å². The van der Waals surface area contributed by atoms with Crippen molar-refractivity contribution in [3.63, 3.8) is 0 Å². The molecule has 0 amide bonds. The molecule has 20 heavy (non-hydrogen) atoms.